The maximum absolute atomic E-state index is 13.6. The summed E-state index contributed by atoms with van der Waals surface area (Å²) in [5.41, 5.74) is -1.79. The Morgan fingerprint density at radius 1 is 1.16 bits per heavy atom. The Kier molecular flexibility index (Phi) is 7.09. The molecule has 9 nitrogen and oxygen atoms in total. The Labute approximate surface area is 211 Å². The second kappa shape index (κ2) is 9.96. The lowest BCUT2D eigenvalue weighted by Gasteiger charge is -2.25. The van der Waals surface area contributed by atoms with Gasteiger partial charge in [-0.15, -0.1) is 10.2 Å². The van der Waals surface area contributed by atoms with E-state index in [0.29, 0.717) is 11.6 Å². The molecule has 0 saturated heterocycles. The molecule has 0 bridgehead atoms. The van der Waals surface area contributed by atoms with Crippen molar-refractivity contribution in [1.82, 2.24) is 15.2 Å². The van der Waals surface area contributed by atoms with Crippen LogP contribution in [0.4, 0.5) is 18.9 Å². The van der Waals surface area contributed by atoms with E-state index in [1.54, 1.807) is 13.0 Å². The summed E-state index contributed by atoms with van der Waals surface area (Å²) in [6, 6.07) is 8.80. The fourth-order valence-electron chi connectivity index (χ4n) is 3.58. The molecule has 0 aliphatic heterocycles. The van der Waals surface area contributed by atoms with Crippen molar-refractivity contribution >= 4 is 21.3 Å². The highest BCUT2D eigenvalue weighted by molar-refractivity contribution is 7.91. The third-order valence-electron chi connectivity index (χ3n) is 5.78. The fourth-order valence-corrected chi connectivity index (χ4v) is 4.27. The number of alkyl halides is 3. The molecule has 37 heavy (non-hydrogen) atoms. The molecular formula is C24H24F3N5O4S. The lowest BCUT2D eigenvalue weighted by atomic mass is 9.96. The number of halogens is 3. The fraction of sp³-hybridized carbons (Fsp3) is 0.333. The third kappa shape index (κ3) is 5.98. The summed E-state index contributed by atoms with van der Waals surface area (Å²) in [7, 11) is -3.09. The highest BCUT2D eigenvalue weighted by atomic mass is 32.2. The first-order valence-electron chi connectivity index (χ1n) is 11.2. The van der Waals surface area contributed by atoms with E-state index in [0.717, 1.165) is 26.2 Å². The molecule has 4 rings (SSSR count). The van der Waals surface area contributed by atoms with Crippen molar-refractivity contribution < 1.29 is 31.6 Å². The minimum absolute atomic E-state index is 0.104. The van der Waals surface area contributed by atoms with Crippen molar-refractivity contribution in [3.05, 3.63) is 58.9 Å². The summed E-state index contributed by atoms with van der Waals surface area (Å²) >= 11 is 0. The van der Waals surface area contributed by atoms with Gasteiger partial charge in [0, 0.05) is 22.9 Å². The molecule has 2 heterocycles. The lowest BCUT2D eigenvalue weighted by molar-refractivity contribution is -0.142. The smallest absolute Gasteiger partial charge is 0.435 e. The van der Waals surface area contributed by atoms with Gasteiger partial charge in [-0.3, -0.25) is 4.79 Å². The number of carbonyl (C=O) groups is 1. The molecule has 0 unspecified atom stereocenters. The van der Waals surface area contributed by atoms with Crippen LogP contribution in [0.15, 0.2) is 41.3 Å². The number of hydrogen-bond acceptors (Lipinski definition) is 8. The van der Waals surface area contributed by atoms with Gasteiger partial charge in [0.2, 0.25) is 5.88 Å². The van der Waals surface area contributed by atoms with Crippen LogP contribution in [0.5, 0.6) is 17.5 Å². The molecule has 2 aromatic heterocycles. The number of nitrogens with zero attached hydrogens (tertiary/aromatic N) is 3. The standard InChI is InChI=1S/C24H24F3N5O4S/c1-13-20(22(33)30-15-6-4-9-17(12-15)37(3,28)34)23(32-31-21(13)24(25,26)27)36-18-10-11-19(29-14(18)2)35-16-7-5-8-16/h4,6,9-12,16,28H,5,7-8H2,1-3H3,(H,30,33)/t37-/m1/s1. The first kappa shape index (κ1) is 26.3. The summed E-state index contributed by atoms with van der Waals surface area (Å²) in [5.74, 6) is -0.848. The quantitative estimate of drug-likeness (QED) is 0.408. The largest absolute Gasteiger partial charge is 0.474 e. The molecule has 1 aromatic carbocycles. The molecule has 2 N–H and O–H groups in total. The van der Waals surface area contributed by atoms with Gasteiger partial charge >= 0.3 is 6.18 Å². The van der Waals surface area contributed by atoms with Gasteiger partial charge in [0.1, 0.15) is 11.7 Å². The molecule has 0 spiro atoms. The van der Waals surface area contributed by atoms with E-state index < -0.39 is 44.5 Å². The van der Waals surface area contributed by atoms with E-state index in [-0.39, 0.29) is 22.4 Å². The van der Waals surface area contributed by atoms with E-state index in [4.69, 9.17) is 14.3 Å². The SMILES string of the molecule is Cc1nc(OC2CCC2)ccc1Oc1nnc(C(F)(F)F)c(C)c1C(=O)Nc1cccc([S@](C)(=N)=O)c1. The molecule has 0 radical (unpaired) electrons. The lowest BCUT2D eigenvalue weighted by Crippen LogP contribution is -2.25. The number of aryl methyl sites for hydroxylation is 1. The molecule has 1 aliphatic rings. The molecule has 1 saturated carbocycles. The minimum atomic E-state index is -4.86. The summed E-state index contributed by atoms with van der Waals surface area (Å²) in [6.45, 7) is 2.72. The Morgan fingerprint density at radius 2 is 1.89 bits per heavy atom. The maximum Gasteiger partial charge on any atom is 0.435 e. The molecule has 3 aromatic rings. The summed E-state index contributed by atoms with van der Waals surface area (Å²) in [4.78, 5) is 17.7. The predicted octanol–water partition coefficient (Wildman–Crippen LogP) is 5.52. The van der Waals surface area contributed by atoms with Crippen molar-refractivity contribution in [2.45, 2.75) is 50.3 Å². The van der Waals surface area contributed by atoms with Gasteiger partial charge in [0.25, 0.3) is 11.8 Å². The molecular weight excluding hydrogens is 511 g/mol. The van der Waals surface area contributed by atoms with Crippen LogP contribution in [-0.4, -0.2) is 37.7 Å². The number of anilines is 1. The van der Waals surface area contributed by atoms with Crippen molar-refractivity contribution in [3.8, 4) is 17.5 Å². The number of carbonyl (C=O) groups excluding carboxylic acids is 1. The minimum Gasteiger partial charge on any atom is -0.474 e. The molecule has 1 aliphatic carbocycles. The van der Waals surface area contributed by atoms with Gasteiger partial charge in [-0.25, -0.2) is 14.0 Å². The van der Waals surface area contributed by atoms with Gasteiger partial charge in [-0.05, 0) is 62.9 Å². The van der Waals surface area contributed by atoms with Crippen molar-refractivity contribution in [1.29, 1.82) is 4.78 Å². The first-order valence-corrected chi connectivity index (χ1v) is 13.2. The highest BCUT2D eigenvalue weighted by Crippen LogP contribution is 2.36. The van der Waals surface area contributed by atoms with E-state index in [9.17, 15) is 22.2 Å². The maximum atomic E-state index is 13.6. The summed E-state index contributed by atoms with van der Waals surface area (Å²) in [6.07, 6.45) is -0.568. The molecule has 196 valence electrons. The molecule has 1 amide bonds. The number of benzene rings is 1. The Bertz CT molecular complexity index is 1460. The highest BCUT2D eigenvalue weighted by Gasteiger charge is 2.38. The third-order valence-corrected chi connectivity index (χ3v) is 6.93. The van der Waals surface area contributed by atoms with Gasteiger partial charge in [-0.2, -0.15) is 13.2 Å². The molecule has 1 atom stereocenters. The zero-order valence-electron chi connectivity index (χ0n) is 20.2. The average molecular weight is 536 g/mol. The second-order valence-corrected chi connectivity index (χ2v) is 10.8. The summed E-state index contributed by atoms with van der Waals surface area (Å²) < 4.78 is 72.0. The van der Waals surface area contributed by atoms with E-state index in [1.165, 1.54) is 36.6 Å². The first-order chi connectivity index (χ1) is 17.3. The second-order valence-electron chi connectivity index (χ2n) is 8.68. The zero-order chi connectivity index (χ0) is 27.0. The van der Waals surface area contributed by atoms with Crippen LogP contribution in [0.25, 0.3) is 0 Å². The molecule has 13 heteroatoms. The predicted molar refractivity (Wildman–Crippen MR) is 129 cm³/mol. The number of amides is 1. The van der Waals surface area contributed by atoms with Crippen LogP contribution in [0, 0.1) is 18.6 Å². The Balaban J connectivity index is 1.69. The Hall–Kier alpha value is -3.74. The number of hydrogen-bond donors (Lipinski definition) is 2. The topological polar surface area (TPSA) is 127 Å². The monoisotopic (exact) mass is 535 g/mol. The van der Waals surface area contributed by atoms with Crippen LogP contribution in [0.1, 0.15) is 46.6 Å². The van der Waals surface area contributed by atoms with E-state index in [1.807, 2.05) is 0 Å². The van der Waals surface area contributed by atoms with Crippen LogP contribution >= 0.6 is 0 Å². The number of aromatic nitrogens is 3. The van der Waals surface area contributed by atoms with Crippen molar-refractivity contribution in [3.63, 3.8) is 0 Å². The van der Waals surface area contributed by atoms with Crippen molar-refractivity contribution in [2.24, 2.45) is 0 Å². The van der Waals surface area contributed by atoms with Gasteiger partial charge < -0.3 is 14.8 Å². The van der Waals surface area contributed by atoms with Crippen LogP contribution in [-0.2, 0) is 15.9 Å². The van der Waals surface area contributed by atoms with Crippen LogP contribution in [0.2, 0.25) is 0 Å². The Morgan fingerprint density at radius 3 is 2.49 bits per heavy atom. The van der Waals surface area contributed by atoms with E-state index in [2.05, 4.69) is 20.5 Å². The van der Waals surface area contributed by atoms with Gasteiger partial charge in [0.05, 0.1) is 15.4 Å². The van der Waals surface area contributed by atoms with Gasteiger partial charge in [-0.1, -0.05) is 6.07 Å². The van der Waals surface area contributed by atoms with E-state index >= 15 is 0 Å². The van der Waals surface area contributed by atoms with Crippen LogP contribution < -0.4 is 14.8 Å². The van der Waals surface area contributed by atoms with Crippen molar-refractivity contribution in [2.75, 3.05) is 11.6 Å². The zero-order valence-corrected chi connectivity index (χ0v) is 21.0. The normalized spacial score (nSPS) is 15.4. The number of rotatable bonds is 7. The average Bonchev–Trinajstić information content (AvgIpc) is 2.76. The number of nitrogens with one attached hydrogen (secondary N) is 2. The summed E-state index contributed by atoms with van der Waals surface area (Å²) in [5, 5.41) is 9.30. The number of pyridine rings is 1. The number of ether oxygens (including phenoxy) is 2. The van der Waals surface area contributed by atoms with Crippen LogP contribution in [0.3, 0.4) is 0 Å². The molecule has 1 fully saturated rings. The van der Waals surface area contributed by atoms with Gasteiger partial charge in [0.15, 0.2) is 11.4 Å².